The van der Waals surface area contributed by atoms with Crippen LogP contribution in [-0.4, -0.2) is 14.5 Å². The van der Waals surface area contributed by atoms with Crippen molar-refractivity contribution >= 4 is 5.82 Å². The van der Waals surface area contributed by atoms with E-state index in [0.29, 0.717) is 24.3 Å². The molecule has 0 fully saturated rings. The minimum absolute atomic E-state index is 0.331. The third kappa shape index (κ3) is 2.89. The molecule has 0 bridgehead atoms. The fourth-order valence-corrected chi connectivity index (χ4v) is 1.77. The zero-order valence-corrected chi connectivity index (χ0v) is 10.5. The lowest BCUT2D eigenvalue weighted by Gasteiger charge is -2.08. The van der Waals surface area contributed by atoms with E-state index in [1.165, 1.54) is 4.57 Å². The lowest BCUT2D eigenvalue weighted by Crippen LogP contribution is -2.31. The van der Waals surface area contributed by atoms with Crippen molar-refractivity contribution in [2.75, 3.05) is 5.43 Å². The highest BCUT2D eigenvalue weighted by Crippen LogP contribution is 2.06. The minimum Gasteiger partial charge on any atom is -0.308 e. The normalized spacial score (nSPS) is 10.4. The topological polar surface area (TPSA) is 106 Å². The quantitative estimate of drug-likeness (QED) is 0.523. The molecule has 7 heteroatoms. The fourth-order valence-electron chi connectivity index (χ4n) is 1.77. The maximum absolute atomic E-state index is 11.7. The molecule has 0 amide bonds. The summed E-state index contributed by atoms with van der Waals surface area (Å²) in [5.41, 5.74) is 3.12. The summed E-state index contributed by atoms with van der Waals surface area (Å²) in [6, 6.07) is 3.52. The van der Waals surface area contributed by atoms with Crippen LogP contribution in [0.15, 0.2) is 34.1 Å². The van der Waals surface area contributed by atoms with E-state index in [0.717, 1.165) is 5.56 Å². The Morgan fingerprint density at radius 3 is 2.95 bits per heavy atom. The summed E-state index contributed by atoms with van der Waals surface area (Å²) >= 11 is 0. The minimum atomic E-state index is -0.429. The van der Waals surface area contributed by atoms with Gasteiger partial charge in [0.05, 0.1) is 6.54 Å². The SMILES string of the molecule is CCc1cn(Cc2ccnc(NN)c2)c(=O)[nH]c1=O. The van der Waals surface area contributed by atoms with E-state index in [4.69, 9.17) is 5.84 Å². The molecule has 7 nitrogen and oxygen atoms in total. The summed E-state index contributed by atoms with van der Waals surface area (Å²) in [6.45, 7) is 2.21. The molecule has 0 aliphatic carbocycles. The van der Waals surface area contributed by atoms with Crippen LogP contribution in [0.25, 0.3) is 0 Å². The van der Waals surface area contributed by atoms with Gasteiger partial charge in [0.15, 0.2) is 0 Å². The summed E-state index contributed by atoms with van der Waals surface area (Å²) in [7, 11) is 0. The third-order valence-corrected chi connectivity index (χ3v) is 2.79. The van der Waals surface area contributed by atoms with Gasteiger partial charge in [0, 0.05) is 18.0 Å². The number of nitrogen functional groups attached to an aromatic ring is 1. The van der Waals surface area contributed by atoms with Crippen LogP contribution in [0, 0.1) is 0 Å². The van der Waals surface area contributed by atoms with Crippen molar-refractivity contribution in [2.24, 2.45) is 5.84 Å². The van der Waals surface area contributed by atoms with E-state index in [9.17, 15) is 9.59 Å². The standard InChI is InChI=1S/C12H15N5O2/c1-2-9-7-17(12(19)15-11(9)18)6-8-3-4-14-10(5-8)16-13/h3-5,7H,2,6,13H2,1H3,(H,14,16)(H,15,18,19). The van der Waals surface area contributed by atoms with E-state index in [1.807, 2.05) is 6.92 Å². The molecule has 100 valence electrons. The number of nitrogens with one attached hydrogen (secondary N) is 2. The number of H-pyrrole nitrogens is 1. The molecule has 0 unspecified atom stereocenters. The average molecular weight is 261 g/mol. The molecule has 2 aromatic heterocycles. The number of pyridine rings is 1. The molecular formula is C12H15N5O2. The number of hydrogen-bond acceptors (Lipinski definition) is 5. The van der Waals surface area contributed by atoms with Crippen LogP contribution in [0.5, 0.6) is 0 Å². The molecule has 0 saturated carbocycles. The molecule has 0 aliphatic heterocycles. The zero-order valence-electron chi connectivity index (χ0n) is 10.5. The van der Waals surface area contributed by atoms with Gasteiger partial charge in [-0.25, -0.2) is 15.6 Å². The molecule has 19 heavy (non-hydrogen) atoms. The molecular weight excluding hydrogens is 246 g/mol. The monoisotopic (exact) mass is 261 g/mol. The van der Waals surface area contributed by atoms with Crippen molar-refractivity contribution < 1.29 is 0 Å². The van der Waals surface area contributed by atoms with Gasteiger partial charge >= 0.3 is 5.69 Å². The Balaban J connectivity index is 2.37. The first kappa shape index (κ1) is 13.0. The molecule has 0 radical (unpaired) electrons. The van der Waals surface area contributed by atoms with E-state index >= 15 is 0 Å². The van der Waals surface area contributed by atoms with Crippen molar-refractivity contribution in [3.8, 4) is 0 Å². The number of aromatic nitrogens is 3. The van der Waals surface area contributed by atoms with E-state index in [1.54, 1.807) is 24.5 Å². The lowest BCUT2D eigenvalue weighted by molar-refractivity contribution is 0.707. The zero-order chi connectivity index (χ0) is 13.8. The molecule has 2 aromatic rings. The van der Waals surface area contributed by atoms with E-state index < -0.39 is 5.69 Å². The van der Waals surface area contributed by atoms with Crippen LogP contribution < -0.4 is 22.5 Å². The first-order valence-corrected chi connectivity index (χ1v) is 5.88. The van der Waals surface area contributed by atoms with Crippen LogP contribution in [-0.2, 0) is 13.0 Å². The van der Waals surface area contributed by atoms with E-state index in [2.05, 4.69) is 15.4 Å². The second kappa shape index (κ2) is 5.49. The molecule has 0 atom stereocenters. The number of hydrazine groups is 1. The largest absolute Gasteiger partial charge is 0.328 e. The number of anilines is 1. The van der Waals surface area contributed by atoms with Crippen LogP contribution in [0.3, 0.4) is 0 Å². The van der Waals surface area contributed by atoms with Crippen molar-refractivity contribution in [3.05, 3.63) is 56.5 Å². The van der Waals surface area contributed by atoms with Gasteiger partial charge in [-0.1, -0.05) is 6.92 Å². The number of aromatic amines is 1. The Kier molecular flexibility index (Phi) is 3.76. The predicted molar refractivity (Wildman–Crippen MR) is 71.8 cm³/mol. The molecule has 0 saturated heterocycles. The van der Waals surface area contributed by atoms with Gasteiger partial charge in [-0.15, -0.1) is 0 Å². The number of nitrogens with two attached hydrogens (primary N) is 1. The lowest BCUT2D eigenvalue weighted by atomic mass is 10.2. The molecule has 2 heterocycles. The molecule has 4 N–H and O–H groups in total. The maximum atomic E-state index is 11.7. The van der Waals surface area contributed by atoms with Gasteiger partial charge in [0.1, 0.15) is 5.82 Å². The second-order valence-electron chi connectivity index (χ2n) is 4.09. The first-order valence-electron chi connectivity index (χ1n) is 5.88. The van der Waals surface area contributed by atoms with E-state index in [-0.39, 0.29) is 5.56 Å². The second-order valence-corrected chi connectivity index (χ2v) is 4.09. The van der Waals surface area contributed by atoms with Crippen LogP contribution in [0.1, 0.15) is 18.1 Å². The third-order valence-electron chi connectivity index (χ3n) is 2.79. The summed E-state index contributed by atoms with van der Waals surface area (Å²) in [5, 5.41) is 0. The fraction of sp³-hybridized carbons (Fsp3) is 0.250. The highest BCUT2D eigenvalue weighted by atomic mass is 16.2. The van der Waals surface area contributed by atoms with Gasteiger partial charge < -0.3 is 5.43 Å². The van der Waals surface area contributed by atoms with Crippen LogP contribution >= 0.6 is 0 Å². The molecule has 0 aromatic carbocycles. The van der Waals surface area contributed by atoms with Crippen molar-refractivity contribution in [1.29, 1.82) is 0 Å². The van der Waals surface area contributed by atoms with Crippen LogP contribution in [0.4, 0.5) is 5.82 Å². The van der Waals surface area contributed by atoms with Gasteiger partial charge in [-0.05, 0) is 24.1 Å². The van der Waals surface area contributed by atoms with Crippen molar-refractivity contribution in [3.63, 3.8) is 0 Å². The number of hydrogen-bond donors (Lipinski definition) is 3. The Hall–Kier alpha value is -2.41. The molecule has 2 rings (SSSR count). The highest BCUT2D eigenvalue weighted by molar-refractivity contribution is 5.36. The Labute approximate surface area is 109 Å². The maximum Gasteiger partial charge on any atom is 0.328 e. The summed E-state index contributed by atoms with van der Waals surface area (Å²) in [6.07, 6.45) is 3.75. The highest BCUT2D eigenvalue weighted by Gasteiger charge is 2.04. The number of aryl methyl sites for hydroxylation is 1. The molecule has 0 spiro atoms. The van der Waals surface area contributed by atoms with Crippen molar-refractivity contribution in [2.45, 2.75) is 19.9 Å². The number of rotatable bonds is 4. The van der Waals surface area contributed by atoms with Gasteiger partial charge in [0.25, 0.3) is 5.56 Å². The molecule has 0 aliphatic rings. The first-order chi connectivity index (χ1) is 9.13. The summed E-state index contributed by atoms with van der Waals surface area (Å²) < 4.78 is 1.45. The van der Waals surface area contributed by atoms with Crippen LogP contribution in [0.2, 0.25) is 0 Å². The van der Waals surface area contributed by atoms with Gasteiger partial charge in [-0.3, -0.25) is 14.3 Å². The number of nitrogens with zero attached hydrogens (tertiary/aromatic N) is 2. The average Bonchev–Trinajstić information content (AvgIpc) is 2.42. The Bertz CT molecular complexity index is 689. The Morgan fingerprint density at radius 1 is 1.47 bits per heavy atom. The smallest absolute Gasteiger partial charge is 0.308 e. The Morgan fingerprint density at radius 2 is 2.26 bits per heavy atom. The van der Waals surface area contributed by atoms with Gasteiger partial charge in [-0.2, -0.15) is 0 Å². The predicted octanol–water partition coefficient (Wildman–Crippen LogP) is -0.172. The summed E-state index contributed by atoms with van der Waals surface area (Å²) in [4.78, 5) is 29.5. The van der Waals surface area contributed by atoms with Gasteiger partial charge in [0.2, 0.25) is 0 Å². The summed E-state index contributed by atoms with van der Waals surface area (Å²) in [5.74, 6) is 5.80. The van der Waals surface area contributed by atoms with Crippen molar-refractivity contribution in [1.82, 2.24) is 14.5 Å².